The molecule has 116 valence electrons. The van der Waals surface area contributed by atoms with Gasteiger partial charge in [0.05, 0.1) is 0 Å². The first-order valence-electron chi connectivity index (χ1n) is 6.94. The van der Waals surface area contributed by atoms with Gasteiger partial charge in [0.15, 0.2) is 4.88 Å². The molecule has 0 unspecified atom stereocenters. The lowest BCUT2D eigenvalue weighted by Crippen LogP contribution is -2.05. The number of hydrogen-bond acceptors (Lipinski definition) is 5. The van der Waals surface area contributed by atoms with Crippen molar-refractivity contribution in [1.29, 1.82) is 0 Å². The molecule has 0 radical (unpaired) electrons. The Morgan fingerprint density at radius 1 is 1.13 bits per heavy atom. The molecular weight excluding hydrogens is 315 g/mol. The number of aromatic nitrogens is 2. The smallest absolute Gasteiger partial charge is 0.352 e. The van der Waals surface area contributed by atoms with E-state index in [-0.39, 0.29) is 12.4 Å². The highest BCUT2D eigenvalue weighted by atomic mass is 32.1. The van der Waals surface area contributed by atoms with Crippen LogP contribution in [0.5, 0.6) is 0 Å². The predicted molar refractivity (Wildman–Crippen MR) is 85.6 cm³/mol. The van der Waals surface area contributed by atoms with Crippen LogP contribution in [0.2, 0.25) is 0 Å². The molecule has 0 aliphatic carbocycles. The molecule has 2 aromatic carbocycles. The Morgan fingerprint density at radius 3 is 2.52 bits per heavy atom. The van der Waals surface area contributed by atoms with E-state index < -0.39 is 5.97 Å². The summed E-state index contributed by atoms with van der Waals surface area (Å²) in [4.78, 5) is 12.6. The zero-order valence-corrected chi connectivity index (χ0v) is 13.1. The van der Waals surface area contributed by atoms with E-state index in [0.29, 0.717) is 16.1 Å². The average molecular weight is 328 g/mol. The van der Waals surface area contributed by atoms with E-state index in [0.717, 1.165) is 22.7 Å². The Balaban J connectivity index is 1.74. The van der Waals surface area contributed by atoms with Crippen LogP contribution < -0.4 is 0 Å². The lowest BCUT2D eigenvalue weighted by Gasteiger charge is -2.05. The maximum absolute atomic E-state index is 13.0. The van der Waals surface area contributed by atoms with E-state index in [1.165, 1.54) is 12.1 Å². The molecule has 0 atom stereocenters. The predicted octanol–water partition coefficient (Wildman–Crippen LogP) is 4.01. The van der Waals surface area contributed by atoms with Gasteiger partial charge in [-0.3, -0.25) is 0 Å². The van der Waals surface area contributed by atoms with E-state index in [1.54, 1.807) is 12.1 Å². The van der Waals surface area contributed by atoms with Gasteiger partial charge in [0, 0.05) is 5.56 Å². The number of esters is 1. The Kier molecular flexibility index (Phi) is 4.43. The minimum Gasteiger partial charge on any atom is -0.457 e. The van der Waals surface area contributed by atoms with Crippen LogP contribution in [0.3, 0.4) is 0 Å². The fourth-order valence-electron chi connectivity index (χ4n) is 2.02. The van der Waals surface area contributed by atoms with Crippen molar-refractivity contribution in [3.8, 4) is 11.3 Å². The maximum Gasteiger partial charge on any atom is 0.352 e. The summed E-state index contributed by atoms with van der Waals surface area (Å²) in [7, 11) is 0. The third kappa shape index (κ3) is 3.60. The lowest BCUT2D eigenvalue weighted by atomic mass is 10.1. The molecule has 23 heavy (non-hydrogen) atoms. The highest BCUT2D eigenvalue weighted by Gasteiger charge is 2.19. The summed E-state index contributed by atoms with van der Waals surface area (Å²) in [5.41, 5.74) is 3.08. The van der Waals surface area contributed by atoms with Crippen LogP contribution in [0.4, 0.5) is 4.39 Å². The number of nitrogens with zero attached hydrogens (tertiary/aromatic N) is 2. The normalized spacial score (nSPS) is 10.5. The van der Waals surface area contributed by atoms with Gasteiger partial charge >= 0.3 is 5.97 Å². The largest absolute Gasteiger partial charge is 0.457 e. The van der Waals surface area contributed by atoms with Gasteiger partial charge in [-0.1, -0.05) is 34.3 Å². The van der Waals surface area contributed by atoms with Crippen molar-refractivity contribution in [2.75, 3.05) is 0 Å². The van der Waals surface area contributed by atoms with Gasteiger partial charge in [0.25, 0.3) is 0 Å². The van der Waals surface area contributed by atoms with Crippen LogP contribution in [0, 0.1) is 12.7 Å². The van der Waals surface area contributed by atoms with Crippen molar-refractivity contribution < 1.29 is 13.9 Å². The second-order valence-corrected chi connectivity index (χ2v) is 5.77. The van der Waals surface area contributed by atoms with Crippen LogP contribution in [-0.4, -0.2) is 15.6 Å². The van der Waals surface area contributed by atoms with Crippen molar-refractivity contribution in [1.82, 2.24) is 9.59 Å². The van der Waals surface area contributed by atoms with E-state index in [1.807, 2.05) is 31.2 Å². The topological polar surface area (TPSA) is 52.1 Å². The summed E-state index contributed by atoms with van der Waals surface area (Å²) in [6.07, 6.45) is 0. The van der Waals surface area contributed by atoms with Gasteiger partial charge in [-0.25, -0.2) is 9.18 Å². The summed E-state index contributed by atoms with van der Waals surface area (Å²) in [5.74, 6) is -0.833. The van der Waals surface area contributed by atoms with Gasteiger partial charge in [-0.2, -0.15) is 0 Å². The molecule has 6 heteroatoms. The fourth-order valence-corrected chi connectivity index (χ4v) is 2.60. The van der Waals surface area contributed by atoms with Crippen molar-refractivity contribution in [3.63, 3.8) is 0 Å². The number of hydrogen-bond donors (Lipinski definition) is 0. The lowest BCUT2D eigenvalue weighted by molar-refractivity contribution is 0.0479. The van der Waals surface area contributed by atoms with Crippen LogP contribution in [0.25, 0.3) is 11.3 Å². The molecule has 1 heterocycles. The molecule has 1 aromatic heterocycles. The molecule has 0 aliphatic rings. The number of carbonyl (C=O) groups excluding carboxylic acids is 1. The van der Waals surface area contributed by atoms with Crippen LogP contribution in [0.15, 0.2) is 48.5 Å². The molecule has 0 N–H and O–H groups in total. The highest BCUT2D eigenvalue weighted by Crippen LogP contribution is 2.25. The van der Waals surface area contributed by atoms with E-state index >= 15 is 0 Å². The van der Waals surface area contributed by atoms with Crippen molar-refractivity contribution >= 4 is 17.5 Å². The summed E-state index contributed by atoms with van der Waals surface area (Å²) < 4.78 is 22.1. The average Bonchev–Trinajstić information content (AvgIpc) is 3.04. The molecule has 3 rings (SSSR count). The van der Waals surface area contributed by atoms with Crippen LogP contribution in [0.1, 0.15) is 20.8 Å². The second-order valence-electron chi connectivity index (χ2n) is 5.02. The Hall–Kier alpha value is -2.60. The van der Waals surface area contributed by atoms with Gasteiger partial charge in [0.2, 0.25) is 0 Å². The van der Waals surface area contributed by atoms with Crippen LogP contribution >= 0.6 is 11.5 Å². The monoisotopic (exact) mass is 328 g/mol. The van der Waals surface area contributed by atoms with Gasteiger partial charge in [-0.05, 0) is 48.3 Å². The third-order valence-electron chi connectivity index (χ3n) is 3.28. The number of aryl methyl sites for hydroxylation is 1. The molecule has 0 amide bonds. The zero-order chi connectivity index (χ0) is 16.2. The minimum atomic E-state index is -0.486. The number of halogens is 1. The van der Waals surface area contributed by atoms with Crippen molar-refractivity contribution in [3.05, 3.63) is 70.4 Å². The standard InChI is InChI=1S/C17H13FN2O2S/c1-11-2-4-12(5-3-11)10-22-17(21)16-15(19-20-23-16)13-6-8-14(18)9-7-13/h2-9H,10H2,1H3. The van der Waals surface area contributed by atoms with Gasteiger partial charge in [0.1, 0.15) is 18.1 Å². The molecule has 0 aliphatic heterocycles. The van der Waals surface area contributed by atoms with E-state index in [2.05, 4.69) is 9.59 Å². The van der Waals surface area contributed by atoms with Gasteiger partial charge in [-0.15, -0.1) is 5.10 Å². The Morgan fingerprint density at radius 2 is 1.83 bits per heavy atom. The van der Waals surface area contributed by atoms with Crippen LogP contribution in [-0.2, 0) is 11.3 Å². The number of benzene rings is 2. The maximum atomic E-state index is 13.0. The SMILES string of the molecule is Cc1ccc(COC(=O)c2snnc2-c2ccc(F)cc2)cc1. The quantitative estimate of drug-likeness (QED) is 0.679. The number of carbonyl (C=O) groups is 1. The summed E-state index contributed by atoms with van der Waals surface area (Å²) in [5, 5.41) is 3.95. The van der Waals surface area contributed by atoms with E-state index in [9.17, 15) is 9.18 Å². The number of ether oxygens (including phenoxy) is 1. The van der Waals surface area contributed by atoms with Gasteiger partial charge < -0.3 is 4.74 Å². The summed E-state index contributed by atoms with van der Waals surface area (Å²) >= 11 is 0.965. The first kappa shape index (κ1) is 15.3. The molecule has 0 saturated carbocycles. The Bertz CT molecular complexity index is 813. The third-order valence-corrected chi connectivity index (χ3v) is 3.99. The summed E-state index contributed by atoms with van der Waals surface area (Å²) in [6, 6.07) is 13.5. The molecule has 0 fully saturated rings. The first-order chi connectivity index (χ1) is 11.1. The first-order valence-corrected chi connectivity index (χ1v) is 7.72. The van der Waals surface area contributed by atoms with Crippen molar-refractivity contribution in [2.24, 2.45) is 0 Å². The molecule has 0 bridgehead atoms. The molecule has 0 saturated heterocycles. The van der Waals surface area contributed by atoms with E-state index in [4.69, 9.17) is 4.74 Å². The second kappa shape index (κ2) is 6.66. The zero-order valence-electron chi connectivity index (χ0n) is 12.3. The molecular formula is C17H13FN2O2S. The summed E-state index contributed by atoms with van der Waals surface area (Å²) in [6.45, 7) is 2.17. The highest BCUT2D eigenvalue weighted by molar-refractivity contribution is 7.08. The minimum absolute atomic E-state index is 0.180. The molecule has 4 nitrogen and oxygen atoms in total. The number of rotatable bonds is 4. The molecule has 0 spiro atoms. The molecule has 3 aromatic rings. The fraction of sp³-hybridized carbons (Fsp3) is 0.118. The Labute approximate surface area is 136 Å². The van der Waals surface area contributed by atoms with Crippen molar-refractivity contribution in [2.45, 2.75) is 13.5 Å².